The van der Waals surface area contributed by atoms with Gasteiger partial charge in [-0.3, -0.25) is 4.79 Å². The number of phenolic OH excluding ortho intramolecular Hbond substituents is 1. The van der Waals surface area contributed by atoms with E-state index in [0.29, 0.717) is 21.4 Å². The minimum Gasteiger partial charge on any atom is -0.506 e. The molecule has 1 aromatic carbocycles. The number of benzene rings is 1. The van der Waals surface area contributed by atoms with E-state index in [1.165, 1.54) is 11.3 Å². The lowest BCUT2D eigenvalue weighted by atomic mass is 10.2. The van der Waals surface area contributed by atoms with Crippen LogP contribution in [-0.2, 0) is 11.2 Å². The number of phenols is 1. The molecule has 3 N–H and O–H groups in total. The van der Waals surface area contributed by atoms with Gasteiger partial charge in [-0.25, -0.2) is 4.98 Å². The molecule has 5 nitrogen and oxygen atoms in total. The van der Waals surface area contributed by atoms with Crippen LogP contribution < -0.4 is 5.32 Å². The first kappa shape index (κ1) is 13.4. The molecule has 0 unspecified atom stereocenters. The minimum absolute atomic E-state index is 0.0367. The van der Waals surface area contributed by atoms with Crippen molar-refractivity contribution < 1.29 is 15.0 Å². The number of hydrogen-bond acceptors (Lipinski definition) is 5. The molecule has 0 aliphatic rings. The van der Waals surface area contributed by atoms with E-state index in [1.807, 2.05) is 19.1 Å². The SMILES string of the molecule is Cc1ccc(O)c(Nc2nc(C)c(CC(=O)O)s2)c1. The number of carboxylic acids is 1. The number of aryl methyl sites for hydroxylation is 2. The number of carboxylic acid groups (broad SMARTS) is 1. The molecular formula is C13H14N2O3S. The van der Waals surface area contributed by atoms with Crippen LogP contribution in [0.25, 0.3) is 0 Å². The van der Waals surface area contributed by atoms with Gasteiger partial charge in [0.25, 0.3) is 0 Å². The van der Waals surface area contributed by atoms with E-state index in [4.69, 9.17) is 5.11 Å². The number of thiazole rings is 1. The first-order valence-electron chi connectivity index (χ1n) is 5.70. The van der Waals surface area contributed by atoms with Crippen molar-refractivity contribution in [2.75, 3.05) is 5.32 Å². The van der Waals surface area contributed by atoms with Gasteiger partial charge in [-0.2, -0.15) is 0 Å². The van der Waals surface area contributed by atoms with E-state index in [0.717, 1.165) is 5.56 Å². The minimum atomic E-state index is -0.878. The van der Waals surface area contributed by atoms with Crippen LogP contribution in [0.5, 0.6) is 5.75 Å². The molecule has 0 amide bonds. The summed E-state index contributed by atoms with van der Waals surface area (Å²) in [7, 11) is 0. The lowest BCUT2D eigenvalue weighted by Crippen LogP contribution is -1.99. The Balaban J connectivity index is 2.24. The Bertz CT molecular complexity index is 622. The molecule has 100 valence electrons. The average molecular weight is 278 g/mol. The van der Waals surface area contributed by atoms with Crippen molar-refractivity contribution in [1.29, 1.82) is 0 Å². The van der Waals surface area contributed by atoms with E-state index >= 15 is 0 Å². The third kappa shape index (κ3) is 3.23. The summed E-state index contributed by atoms with van der Waals surface area (Å²) < 4.78 is 0. The fourth-order valence-electron chi connectivity index (χ4n) is 1.65. The van der Waals surface area contributed by atoms with Gasteiger partial charge >= 0.3 is 5.97 Å². The van der Waals surface area contributed by atoms with Gasteiger partial charge in [0.2, 0.25) is 0 Å². The fraction of sp³-hybridized carbons (Fsp3) is 0.231. The second-order valence-electron chi connectivity index (χ2n) is 4.24. The summed E-state index contributed by atoms with van der Waals surface area (Å²) in [6.45, 7) is 3.70. The van der Waals surface area contributed by atoms with Crippen LogP contribution in [0, 0.1) is 13.8 Å². The summed E-state index contributed by atoms with van der Waals surface area (Å²) in [6, 6.07) is 5.22. The second kappa shape index (κ2) is 5.27. The molecular weight excluding hydrogens is 264 g/mol. The molecule has 0 spiro atoms. The van der Waals surface area contributed by atoms with Crippen LogP contribution in [0.2, 0.25) is 0 Å². The van der Waals surface area contributed by atoms with Crippen molar-refractivity contribution in [3.05, 3.63) is 34.3 Å². The first-order chi connectivity index (χ1) is 8.95. The maximum atomic E-state index is 10.7. The summed E-state index contributed by atoms with van der Waals surface area (Å²) in [5.41, 5.74) is 2.28. The van der Waals surface area contributed by atoms with Crippen molar-refractivity contribution in [3.63, 3.8) is 0 Å². The summed E-state index contributed by atoms with van der Waals surface area (Å²) in [5, 5.41) is 22.1. The molecule has 0 bridgehead atoms. The number of aliphatic carboxylic acids is 1. The van der Waals surface area contributed by atoms with Gasteiger partial charge in [0.1, 0.15) is 5.75 Å². The third-order valence-electron chi connectivity index (χ3n) is 2.60. The van der Waals surface area contributed by atoms with Crippen LogP contribution in [0.3, 0.4) is 0 Å². The predicted molar refractivity (Wildman–Crippen MR) is 74.3 cm³/mol. The molecule has 0 saturated heterocycles. The highest BCUT2D eigenvalue weighted by Gasteiger charge is 2.12. The van der Waals surface area contributed by atoms with Crippen LogP contribution in [-0.4, -0.2) is 21.2 Å². The Morgan fingerprint density at radius 3 is 2.84 bits per heavy atom. The van der Waals surface area contributed by atoms with Crippen molar-refractivity contribution in [2.45, 2.75) is 20.3 Å². The molecule has 2 aromatic rings. The maximum Gasteiger partial charge on any atom is 0.308 e. The Hall–Kier alpha value is -2.08. The molecule has 1 aromatic heterocycles. The lowest BCUT2D eigenvalue weighted by Gasteiger charge is -2.06. The smallest absolute Gasteiger partial charge is 0.308 e. The van der Waals surface area contributed by atoms with E-state index in [1.54, 1.807) is 13.0 Å². The summed E-state index contributed by atoms with van der Waals surface area (Å²) in [5.74, 6) is -0.741. The van der Waals surface area contributed by atoms with E-state index in [9.17, 15) is 9.90 Å². The van der Waals surface area contributed by atoms with Gasteiger partial charge in [0, 0.05) is 4.88 Å². The van der Waals surface area contributed by atoms with Gasteiger partial charge in [-0.05, 0) is 31.5 Å². The van der Waals surface area contributed by atoms with Crippen molar-refractivity contribution in [1.82, 2.24) is 4.98 Å². The van der Waals surface area contributed by atoms with Crippen LogP contribution >= 0.6 is 11.3 Å². The molecule has 0 aliphatic carbocycles. The van der Waals surface area contributed by atoms with Crippen LogP contribution in [0.1, 0.15) is 16.1 Å². The molecule has 0 radical (unpaired) electrons. The zero-order valence-electron chi connectivity index (χ0n) is 10.6. The number of aromatic nitrogens is 1. The number of rotatable bonds is 4. The molecule has 1 heterocycles. The molecule has 19 heavy (non-hydrogen) atoms. The number of nitrogens with zero attached hydrogens (tertiary/aromatic N) is 1. The average Bonchev–Trinajstić information content (AvgIpc) is 2.64. The Kier molecular flexibility index (Phi) is 3.71. The molecule has 0 saturated carbocycles. The van der Waals surface area contributed by atoms with E-state index < -0.39 is 5.97 Å². The summed E-state index contributed by atoms with van der Waals surface area (Å²) in [4.78, 5) is 15.7. The number of hydrogen-bond donors (Lipinski definition) is 3. The standard InChI is InChI=1S/C13H14N2O3S/c1-7-3-4-10(16)9(5-7)15-13-14-8(2)11(19-13)6-12(17)18/h3-5,16H,6H2,1-2H3,(H,14,15)(H,17,18). The third-order valence-corrected chi connectivity index (χ3v) is 3.67. The highest BCUT2D eigenvalue weighted by atomic mass is 32.1. The highest BCUT2D eigenvalue weighted by Crippen LogP contribution is 2.31. The van der Waals surface area contributed by atoms with Gasteiger partial charge in [0.15, 0.2) is 5.13 Å². The van der Waals surface area contributed by atoms with Crippen molar-refractivity contribution in [3.8, 4) is 5.75 Å². The highest BCUT2D eigenvalue weighted by molar-refractivity contribution is 7.15. The largest absolute Gasteiger partial charge is 0.506 e. The Morgan fingerprint density at radius 1 is 1.42 bits per heavy atom. The summed E-state index contributed by atoms with van der Waals surface area (Å²) >= 11 is 1.28. The van der Waals surface area contributed by atoms with Gasteiger partial charge in [-0.1, -0.05) is 6.07 Å². The number of carbonyl (C=O) groups is 1. The van der Waals surface area contributed by atoms with Crippen molar-refractivity contribution >= 4 is 28.1 Å². The van der Waals surface area contributed by atoms with Gasteiger partial charge in [-0.15, -0.1) is 11.3 Å². The number of aromatic hydroxyl groups is 1. The first-order valence-corrected chi connectivity index (χ1v) is 6.52. The zero-order valence-corrected chi connectivity index (χ0v) is 11.4. The van der Waals surface area contributed by atoms with Gasteiger partial charge < -0.3 is 15.5 Å². The molecule has 6 heteroatoms. The number of anilines is 2. The van der Waals surface area contributed by atoms with Crippen LogP contribution in [0.4, 0.5) is 10.8 Å². The Morgan fingerprint density at radius 2 is 2.16 bits per heavy atom. The van der Waals surface area contributed by atoms with Crippen LogP contribution in [0.15, 0.2) is 18.2 Å². The lowest BCUT2D eigenvalue weighted by molar-refractivity contribution is -0.136. The normalized spacial score (nSPS) is 10.4. The Labute approximate surface area is 114 Å². The van der Waals surface area contributed by atoms with Gasteiger partial charge in [0.05, 0.1) is 17.8 Å². The quantitative estimate of drug-likeness (QED) is 0.749. The molecule has 2 rings (SSSR count). The number of nitrogens with one attached hydrogen (secondary N) is 1. The monoisotopic (exact) mass is 278 g/mol. The maximum absolute atomic E-state index is 10.7. The fourth-order valence-corrected chi connectivity index (χ4v) is 2.61. The molecule has 0 fully saturated rings. The van der Waals surface area contributed by atoms with E-state index in [2.05, 4.69) is 10.3 Å². The van der Waals surface area contributed by atoms with Crippen molar-refractivity contribution in [2.24, 2.45) is 0 Å². The topological polar surface area (TPSA) is 82.5 Å². The second-order valence-corrected chi connectivity index (χ2v) is 5.33. The molecule has 0 atom stereocenters. The predicted octanol–water partition coefficient (Wildman–Crippen LogP) is 2.84. The zero-order chi connectivity index (χ0) is 14.0. The molecule has 0 aliphatic heterocycles. The summed E-state index contributed by atoms with van der Waals surface area (Å²) in [6.07, 6.45) is -0.0367. The van der Waals surface area contributed by atoms with E-state index in [-0.39, 0.29) is 12.2 Å².